The lowest BCUT2D eigenvalue weighted by Crippen LogP contribution is -2.14. The Morgan fingerprint density at radius 1 is 1.23 bits per heavy atom. The van der Waals surface area contributed by atoms with E-state index in [1.54, 1.807) is 18.2 Å². The van der Waals surface area contributed by atoms with Crippen molar-refractivity contribution in [2.24, 2.45) is 0 Å². The molecule has 22 heavy (non-hydrogen) atoms. The van der Waals surface area contributed by atoms with Crippen LogP contribution in [0.3, 0.4) is 0 Å². The van der Waals surface area contributed by atoms with Gasteiger partial charge in [-0.2, -0.15) is 5.26 Å². The number of rotatable bonds is 3. The normalized spacial score (nSPS) is 11.3. The van der Waals surface area contributed by atoms with E-state index >= 15 is 0 Å². The van der Waals surface area contributed by atoms with Crippen molar-refractivity contribution in [1.29, 1.82) is 5.26 Å². The first-order chi connectivity index (χ1) is 10.5. The van der Waals surface area contributed by atoms with Gasteiger partial charge < -0.3 is 4.98 Å². The lowest BCUT2D eigenvalue weighted by Gasteiger charge is -2.07. The van der Waals surface area contributed by atoms with Crippen molar-refractivity contribution in [3.8, 4) is 6.07 Å². The standard InChI is InChI=1S/C14H9ClN4O2S/c15-10-7-9(8-16)5-6-13(10)22(20,21)19-14-17-11-3-1-2-4-12(11)18-14/h1-7H,(H2,17,18,19). The molecule has 1 aromatic heterocycles. The predicted molar refractivity (Wildman–Crippen MR) is 83.1 cm³/mol. The first kappa shape index (κ1) is 14.4. The van der Waals surface area contributed by atoms with Crippen molar-refractivity contribution in [2.75, 3.05) is 4.72 Å². The zero-order valence-corrected chi connectivity index (χ0v) is 12.6. The van der Waals surface area contributed by atoms with E-state index in [1.165, 1.54) is 18.2 Å². The van der Waals surface area contributed by atoms with Crippen LogP contribution in [0, 0.1) is 11.3 Å². The number of aromatic nitrogens is 2. The molecule has 0 saturated heterocycles. The van der Waals surface area contributed by atoms with Gasteiger partial charge in [-0.25, -0.2) is 18.1 Å². The molecule has 0 aliphatic carbocycles. The van der Waals surface area contributed by atoms with Crippen LogP contribution in [0.5, 0.6) is 0 Å². The van der Waals surface area contributed by atoms with E-state index in [0.717, 1.165) is 0 Å². The number of benzene rings is 2. The summed E-state index contributed by atoms with van der Waals surface area (Å²) in [5.74, 6) is 0.0987. The molecule has 6 nitrogen and oxygen atoms in total. The van der Waals surface area contributed by atoms with Gasteiger partial charge in [0.05, 0.1) is 27.7 Å². The number of fused-ring (bicyclic) bond motifs is 1. The lowest BCUT2D eigenvalue weighted by molar-refractivity contribution is 0.601. The molecular weight excluding hydrogens is 324 g/mol. The van der Waals surface area contributed by atoms with Gasteiger partial charge >= 0.3 is 0 Å². The number of aromatic amines is 1. The van der Waals surface area contributed by atoms with Crippen LogP contribution in [-0.4, -0.2) is 18.4 Å². The van der Waals surface area contributed by atoms with Crippen LogP contribution >= 0.6 is 11.6 Å². The fourth-order valence-electron chi connectivity index (χ4n) is 1.97. The fraction of sp³-hybridized carbons (Fsp3) is 0. The molecule has 0 unspecified atom stereocenters. The molecule has 0 saturated carbocycles. The molecule has 110 valence electrons. The predicted octanol–water partition coefficient (Wildman–Crippen LogP) is 2.89. The van der Waals surface area contributed by atoms with Crippen molar-refractivity contribution in [3.05, 3.63) is 53.1 Å². The van der Waals surface area contributed by atoms with Gasteiger partial charge in [-0.15, -0.1) is 0 Å². The number of nitrogens with one attached hydrogen (secondary N) is 2. The summed E-state index contributed by atoms with van der Waals surface area (Å²) in [4.78, 5) is 6.90. The van der Waals surface area contributed by atoms with Crippen LogP contribution in [0.25, 0.3) is 11.0 Å². The SMILES string of the molecule is N#Cc1ccc(S(=O)(=O)Nc2nc3ccccc3[nH]2)c(Cl)c1. The monoisotopic (exact) mass is 332 g/mol. The van der Waals surface area contributed by atoms with Crippen molar-refractivity contribution in [3.63, 3.8) is 0 Å². The van der Waals surface area contributed by atoms with E-state index in [2.05, 4.69) is 14.7 Å². The Hall–Kier alpha value is -2.56. The van der Waals surface area contributed by atoms with E-state index in [4.69, 9.17) is 16.9 Å². The van der Waals surface area contributed by atoms with Gasteiger partial charge in [0.25, 0.3) is 10.0 Å². The Labute approximate surface area is 131 Å². The third kappa shape index (κ3) is 2.62. The second-order valence-corrected chi connectivity index (χ2v) is 6.52. The summed E-state index contributed by atoms with van der Waals surface area (Å²) in [5.41, 5.74) is 1.64. The van der Waals surface area contributed by atoms with Gasteiger partial charge in [0.15, 0.2) is 0 Å². The number of H-pyrrole nitrogens is 1. The maximum absolute atomic E-state index is 12.4. The summed E-state index contributed by atoms with van der Waals surface area (Å²) in [7, 11) is -3.90. The number of imidazole rings is 1. The number of hydrogen-bond donors (Lipinski definition) is 2. The van der Waals surface area contributed by atoms with Crippen LogP contribution in [0.4, 0.5) is 5.95 Å². The highest BCUT2D eigenvalue weighted by Gasteiger charge is 2.20. The van der Waals surface area contributed by atoms with Crippen LogP contribution in [0.2, 0.25) is 5.02 Å². The lowest BCUT2D eigenvalue weighted by atomic mass is 10.2. The molecule has 0 radical (unpaired) electrons. The molecule has 0 spiro atoms. The summed E-state index contributed by atoms with van der Waals surface area (Å²) in [6.45, 7) is 0. The minimum atomic E-state index is -3.90. The van der Waals surface area contributed by atoms with Crippen LogP contribution in [-0.2, 0) is 10.0 Å². The van der Waals surface area contributed by atoms with Crippen LogP contribution < -0.4 is 4.72 Å². The van der Waals surface area contributed by atoms with E-state index < -0.39 is 10.0 Å². The Morgan fingerprint density at radius 3 is 2.68 bits per heavy atom. The molecule has 3 rings (SSSR count). The summed E-state index contributed by atoms with van der Waals surface area (Å²) in [6, 6.07) is 13.0. The molecule has 2 aromatic carbocycles. The number of hydrogen-bond acceptors (Lipinski definition) is 4. The minimum Gasteiger partial charge on any atom is -0.323 e. The van der Waals surface area contributed by atoms with Gasteiger partial charge in [-0.05, 0) is 30.3 Å². The minimum absolute atomic E-state index is 0.0253. The molecule has 0 bridgehead atoms. The van der Waals surface area contributed by atoms with Gasteiger partial charge in [-0.1, -0.05) is 23.7 Å². The molecular formula is C14H9ClN4O2S. The third-order valence-corrected chi connectivity index (χ3v) is 4.79. The summed E-state index contributed by atoms with van der Waals surface area (Å²) < 4.78 is 27.1. The van der Waals surface area contributed by atoms with Crippen molar-refractivity contribution in [1.82, 2.24) is 9.97 Å². The quantitative estimate of drug-likeness (QED) is 0.770. The first-order valence-electron chi connectivity index (χ1n) is 6.17. The molecule has 2 N–H and O–H groups in total. The molecule has 0 aliphatic rings. The summed E-state index contributed by atoms with van der Waals surface area (Å²) in [5, 5.41) is 8.76. The van der Waals surface area contributed by atoms with Crippen LogP contribution in [0.1, 0.15) is 5.56 Å². The summed E-state index contributed by atoms with van der Waals surface area (Å²) >= 11 is 5.94. The smallest absolute Gasteiger partial charge is 0.265 e. The van der Waals surface area contributed by atoms with E-state index in [-0.39, 0.29) is 21.4 Å². The number of nitrogens with zero attached hydrogens (tertiary/aromatic N) is 2. The van der Waals surface area contributed by atoms with E-state index in [9.17, 15) is 8.42 Å². The molecule has 0 fully saturated rings. The third-order valence-electron chi connectivity index (χ3n) is 2.97. The number of sulfonamides is 1. The van der Waals surface area contributed by atoms with Crippen molar-refractivity contribution >= 4 is 38.6 Å². The van der Waals surface area contributed by atoms with Gasteiger partial charge in [0.2, 0.25) is 5.95 Å². The second kappa shape index (κ2) is 5.33. The Morgan fingerprint density at radius 2 is 2.00 bits per heavy atom. The van der Waals surface area contributed by atoms with Gasteiger partial charge in [0, 0.05) is 0 Å². The van der Waals surface area contributed by atoms with Crippen molar-refractivity contribution < 1.29 is 8.42 Å². The zero-order chi connectivity index (χ0) is 15.7. The molecule has 0 aliphatic heterocycles. The van der Waals surface area contributed by atoms with Crippen molar-refractivity contribution in [2.45, 2.75) is 4.90 Å². The van der Waals surface area contributed by atoms with Crippen LogP contribution in [0.15, 0.2) is 47.4 Å². The maximum Gasteiger partial charge on any atom is 0.265 e. The summed E-state index contributed by atoms with van der Waals surface area (Å²) in [6.07, 6.45) is 0. The zero-order valence-electron chi connectivity index (χ0n) is 11.0. The average Bonchev–Trinajstić information content (AvgIpc) is 2.87. The molecule has 0 atom stereocenters. The highest BCUT2D eigenvalue weighted by molar-refractivity contribution is 7.92. The Balaban J connectivity index is 1.98. The molecule has 1 heterocycles. The Kier molecular flexibility index (Phi) is 3.48. The van der Waals surface area contributed by atoms with Gasteiger partial charge in [0.1, 0.15) is 4.90 Å². The van der Waals surface area contributed by atoms with Gasteiger partial charge in [-0.3, -0.25) is 0 Å². The highest BCUT2D eigenvalue weighted by atomic mass is 35.5. The fourth-order valence-corrected chi connectivity index (χ4v) is 3.48. The largest absolute Gasteiger partial charge is 0.323 e. The number of halogens is 1. The van der Waals surface area contributed by atoms with E-state index in [0.29, 0.717) is 11.0 Å². The molecule has 8 heteroatoms. The number of nitriles is 1. The molecule has 0 amide bonds. The number of para-hydroxylation sites is 2. The Bertz CT molecular complexity index is 972. The second-order valence-electron chi connectivity index (χ2n) is 4.47. The number of anilines is 1. The highest BCUT2D eigenvalue weighted by Crippen LogP contribution is 2.24. The topological polar surface area (TPSA) is 98.6 Å². The molecule has 3 aromatic rings. The first-order valence-corrected chi connectivity index (χ1v) is 8.03. The van der Waals surface area contributed by atoms with E-state index in [1.807, 2.05) is 12.1 Å². The average molecular weight is 333 g/mol. The maximum atomic E-state index is 12.4.